The van der Waals surface area contributed by atoms with E-state index in [0.717, 1.165) is 32.5 Å². The first-order valence-corrected chi connectivity index (χ1v) is 5.91. The molecule has 1 heterocycles. The smallest absolute Gasteiger partial charge is 0.0674 e. The van der Waals surface area contributed by atoms with Gasteiger partial charge in [0.1, 0.15) is 0 Å². The third-order valence-corrected chi connectivity index (χ3v) is 3.11. The van der Waals surface area contributed by atoms with Crippen LogP contribution in [0.1, 0.15) is 26.7 Å². The standard InChI is InChI=1S/C11H24N2O2/c1-3-10(12)11(8-14)13-5-4-6-15-9(2)7-13/h9-11,14H,3-8,12H2,1-2H3. The van der Waals surface area contributed by atoms with Crippen molar-refractivity contribution in [2.45, 2.75) is 44.9 Å². The SMILES string of the molecule is CCC(N)C(CO)N1CCCOC(C)C1. The summed E-state index contributed by atoms with van der Waals surface area (Å²) in [5.41, 5.74) is 6.01. The summed E-state index contributed by atoms with van der Waals surface area (Å²) in [4.78, 5) is 2.27. The van der Waals surface area contributed by atoms with Crippen LogP contribution in [0.25, 0.3) is 0 Å². The number of hydrogen-bond donors (Lipinski definition) is 2. The Morgan fingerprint density at radius 2 is 2.33 bits per heavy atom. The molecule has 0 amide bonds. The Balaban J connectivity index is 2.56. The molecule has 3 N–H and O–H groups in total. The van der Waals surface area contributed by atoms with Gasteiger partial charge in [0.05, 0.1) is 12.7 Å². The molecule has 1 aliphatic rings. The third kappa shape index (κ3) is 3.72. The Bertz CT molecular complexity index is 178. The van der Waals surface area contributed by atoms with Gasteiger partial charge in [0.25, 0.3) is 0 Å². The first-order valence-electron chi connectivity index (χ1n) is 5.91. The molecule has 1 aliphatic heterocycles. The monoisotopic (exact) mass is 216 g/mol. The Morgan fingerprint density at radius 3 is 2.93 bits per heavy atom. The molecule has 0 aromatic rings. The van der Waals surface area contributed by atoms with Gasteiger partial charge in [0.15, 0.2) is 0 Å². The number of nitrogens with zero attached hydrogens (tertiary/aromatic N) is 1. The van der Waals surface area contributed by atoms with Gasteiger partial charge >= 0.3 is 0 Å². The van der Waals surface area contributed by atoms with Crippen LogP contribution in [-0.2, 0) is 4.74 Å². The van der Waals surface area contributed by atoms with E-state index in [0.29, 0.717) is 0 Å². The molecule has 0 bridgehead atoms. The lowest BCUT2D eigenvalue weighted by Crippen LogP contribution is -2.51. The van der Waals surface area contributed by atoms with Crippen molar-refractivity contribution in [2.75, 3.05) is 26.3 Å². The Labute approximate surface area is 92.4 Å². The van der Waals surface area contributed by atoms with E-state index in [1.807, 2.05) is 0 Å². The van der Waals surface area contributed by atoms with Crippen LogP contribution < -0.4 is 5.73 Å². The summed E-state index contributed by atoms with van der Waals surface area (Å²) in [5.74, 6) is 0. The summed E-state index contributed by atoms with van der Waals surface area (Å²) in [6, 6.07) is 0.138. The lowest BCUT2D eigenvalue weighted by molar-refractivity contribution is 0.0467. The van der Waals surface area contributed by atoms with E-state index >= 15 is 0 Å². The molecule has 4 heteroatoms. The molecule has 0 radical (unpaired) electrons. The number of nitrogens with two attached hydrogens (primary N) is 1. The summed E-state index contributed by atoms with van der Waals surface area (Å²) >= 11 is 0. The van der Waals surface area contributed by atoms with Crippen LogP contribution in [0.3, 0.4) is 0 Å². The zero-order valence-electron chi connectivity index (χ0n) is 9.85. The maximum atomic E-state index is 9.40. The van der Waals surface area contributed by atoms with Gasteiger partial charge in [-0.3, -0.25) is 4.90 Å². The van der Waals surface area contributed by atoms with Gasteiger partial charge in [-0.2, -0.15) is 0 Å². The zero-order valence-corrected chi connectivity index (χ0v) is 9.85. The highest BCUT2D eigenvalue weighted by Crippen LogP contribution is 2.12. The van der Waals surface area contributed by atoms with Crippen molar-refractivity contribution >= 4 is 0 Å². The molecule has 1 fully saturated rings. The first kappa shape index (κ1) is 12.9. The van der Waals surface area contributed by atoms with Crippen LogP contribution in [0.2, 0.25) is 0 Å². The minimum atomic E-state index is 0.0558. The van der Waals surface area contributed by atoms with E-state index < -0.39 is 0 Å². The lowest BCUT2D eigenvalue weighted by Gasteiger charge is -2.33. The Morgan fingerprint density at radius 1 is 1.60 bits per heavy atom. The largest absolute Gasteiger partial charge is 0.395 e. The maximum Gasteiger partial charge on any atom is 0.0674 e. The van der Waals surface area contributed by atoms with Crippen LogP contribution in [0.5, 0.6) is 0 Å². The van der Waals surface area contributed by atoms with Gasteiger partial charge in [-0.1, -0.05) is 6.92 Å². The molecule has 1 saturated heterocycles. The average Bonchev–Trinajstić information content (AvgIpc) is 2.44. The van der Waals surface area contributed by atoms with Gasteiger partial charge in [0, 0.05) is 31.8 Å². The predicted molar refractivity (Wildman–Crippen MR) is 60.7 cm³/mol. The summed E-state index contributed by atoms with van der Waals surface area (Å²) in [7, 11) is 0. The minimum absolute atomic E-state index is 0.0558. The van der Waals surface area contributed by atoms with Crippen LogP contribution in [0, 0.1) is 0 Å². The van der Waals surface area contributed by atoms with E-state index in [4.69, 9.17) is 10.5 Å². The van der Waals surface area contributed by atoms with Crippen LogP contribution in [0.4, 0.5) is 0 Å². The van der Waals surface area contributed by atoms with Crippen molar-refractivity contribution in [3.63, 3.8) is 0 Å². The van der Waals surface area contributed by atoms with Crippen LogP contribution in [-0.4, -0.2) is 54.5 Å². The topological polar surface area (TPSA) is 58.7 Å². The molecule has 90 valence electrons. The summed E-state index contributed by atoms with van der Waals surface area (Å²) in [5, 5.41) is 9.40. The number of aliphatic hydroxyl groups excluding tert-OH is 1. The first-order chi connectivity index (χ1) is 7.19. The van der Waals surface area contributed by atoms with Gasteiger partial charge < -0.3 is 15.6 Å². The van der Waals surface area contributed by atoms with Crippen LogP contribution in [0.15, 0.2) is 0 Å². The molecular formula is C11H24N2O2. The molecule has 3 unspecified atom stereocenters. The number of ether oxygens (including phenoxy) is 1. The minimum Gasteiger partial charge on any atom is -0.395 e. The number of rotatable bonds is 4. The van der Waals surface area contributed by atoms with E-state index in [1.165, 1.54) is 0 Å². The van der Waals surface area contributed by atoms with E-state index in [-0.39, 0.29) is 24.8 Å². The highest BCUT2D eigenvalue weighted by molar-refractivity contribution is 4.83. The van der Waals surface area contributed by atoms with Crippen molar-refractivity contribution in [2.24, 2.45) is 5.73 Å². The maximum absolute atomic E-state index is 9.40. The van der Waals surface area contributed by atoms with Crippen molar-refractivity contribution in [1.82, 2.24) is 4.90 Å². The van der Waals surface area contributed by atoms with Crippen molar-refractivity contribution in [1.29, 1.82) is 0 Å². The molecule has 3 atom stereocenters. The molecule has 0 saturated carbocycles. The number of hydrogen-bond acceptors (Lipinski definition) is 4. The molecule has 4 nitrogen and oxygen atoms in total. The zero-order chi connectivity index (χ0) is 11.3. The van der Waals surface area contributed by atoms with Crippen molar-refractivity contribution in [3.05, 3.63) is 0 Å². The Kier molecular flexibility index (Phi) is 5.53. The fourth-order valence-electron chi connectivity index (χ4n) is 2.12. The quantitative estimate of drug-likeness (QED) is 0.704. The summed E-state index contributed by atoms with van der Waals surface area (Å²) in [6.45, 7) is 6.94. The molecule has 0 aliphatic carbocycles. The summed E-state index contributed by atoms with van der Waals surface area (Å²) in [6.07, 6.45) is 2.17. The second kappa shape index (κ2) is 6.43. The molecule has 15 heavy (non-hydrogen) atoms. The summed E-state index contributed by atoms with van der Waals surface area (Å²) < 4.78 is 5.58. The second-order valence-electron chi connectivity index (χ2n) is 4.35. The van der Waals surface area contributed by atoms with Crippen molar-refractivity contribution < 1.29 is 9.84 Å². The fraction of sp³-hybridized carbons (Fsp3) is 1.00. The molecule has 0 aromatic heterocycles. The van der Waals surface area contributed by atoms with Crippen molar-refractivity contribution in [3.8, 4) is 0 Å². The molecule has 0 spiro atoms. The second-order valence-corrected chi connectivity index (χ2v) is 4.35. The molecular weight excluding hydrogens is 192 g/mol. The predicted octanol–water partition coefficient (Wildman–Crippen LogP) is 0.195. The lowest BCUT2D eigenvalue weighted by atomic mass is 10.1. The van der Waals surface area contributed by atoms with E-state index in [9.17, 15) is 5.11 Å². The molecule has 0 aromatic carbocycles. The average molecular weight is 216 g/mol. The molecule has 1 rings (SSSR count). The fourth-order valence-corrected chi connectivity index (χ4v) is 2.12. The van der Waals surface area contributed by atoms with E-state index in [2.05, 4.69) is 18.7 Å². The van der Waals surface area contributed by atoms with Crippen LogP contribution >= 0.6 is 0 Å². The highest BCUT2D eigenvalue weighted by atomic mass is 16.5. The third-order valence-electron chi connectivity index (χ3n) is 3.11. The van der Waals surface area contributed by atoms with Gasteiger partial charge in [-0.15, -0.1) is 0 Å². The van der Waals surface area contributed by atoms with E-state index in [1.54, 1.807) is 0 Å². The Hall–Kier alpha value is -0.160. The van der Waals surface area contributed by atoms with Gasteiger partial charge in [0.2, 0.25) is 0 Å². The van der Waals surface area contributed by atoms with Gasteiger partial charge in [-0.25, -0.2) is 0 Å². The van der Waals surface area contributed by atoms with Gasteiger partial charge in [-0.05, 0) is 19.8 Å². The highest BCUT2D eigenvalue weighted by Gasteiger charge is 2.26. The normalized spacial score (nSPS) is 28.4. The number of aliphatic hydroxyl groups is 1.